The lowest BCUT2D eigenvalue weighted by atomic mass is 9.75. The van der Waals surface area contributed by atoms with Gasteiger partial charge in [-0.3, -0.25) is 10.1 Å². The third-order valence-electron chi connectivity index (χ3n) is 4.06. The van der Waals surface area contributed by atoms with Crippen LogP contribution in [0.4, 0.5) is 4.79 Å². The molecule has 0 aliphatic carbocycles. The quantitative estimate of drug-likeness (QED) is 0.578. The number of unbranched alkanes of at least 4 members (excludes halogenated alkanes) is 2. The van der Waals surface area contributed by atoms with Gasteiger partial charge in [-0.1, -0.05) is 26.2 Å². The molecular formula is C13H22N2O3. The number of carbonyl (C=O) groups is 2. The largest absolute Gasteiger partial charge is 0.381 e. The van der Waals surface area contributed by atoms with E-state index in [-0.39, 0.29) is 17.9 Å². The van der Waals surface area contributed by atoms with Crippen LogP contribution in [0, 0.1) is 5.92 Å². The Bertz CT molecular complexity index is 326. The molecule has 0 aromatic heterocycles. The first-order chi connectivity index (χ1) is 8.69. The Hall–Kier alpha value is -1.10. The number of imide groups is 1. The third-order valence-corrected chi connectivity index (χ3v) is 4.06. The predicted molar refractivity (Wildman–Crippen MR) is 67.1 cm³/mol. The Kier molecular flexibility index (Phi) is 4.22. The van der Waals surface area contributed by atoms with Crippen LogP contribution in [-0.2, 0) is 9.53 Å². The van der Waals surface area contributed by atoms with Crippen molar-refractivity contribution in [3.05, 3.63) is 0 Å². The lowest BCUT2D eigenvalue weighted by Gasteiger charge is -2.37. The van der Waals surface area contributed by atoms with E-state index in [1.807, 2.05) is 0 Å². The molecule has 18 heavy (non-hydrogen) atoms. The fraction of sp³-hybridized carbons (Fsp3) is 0.846. The maximum absolute atomic E-state index is 12.2. The zero-order valence-electron chi connectivity index (χ0n) is 11.0. The Morgan fingerprint density at radius 1 is 1.28 bits per heavy atom. The van der Waals surface area contributed by atoms with E-state index in [1.54, 1.807) is 0 Å². The van der Waals surface area contributed by atoms with Gasteiger partial charge in [-0.15, -0.1) is 0 Å². The Balaban J connectivity index is 2.10. The average molecular weight is 254 g/mol. The van der Waals surface area contributed by atoms with Crippen LogP contribution in [0.2, 0.25) is 0 Å². The molecule has 0 bridgehead atoms. The van der Waals surface area contributed by atoms with E-state index in [1.165, 1.54) is 0 Å². The van der Waals surface area contributed by atoms with Gasteiger partial charge in [0, 0.05) is 13.2 Å². The SMILES string of the molecule is CCCCC[C@]1(C2CCOCC2)NC(=O)NC1=O. The summed E-state index contributed by atoms with van der Waals surface area (Å²) in [5.74, 6) is 0.0602. The lowest BCUT2D eigenvalue weighted by Crippen LogP contribution is -2.54. The number of urea groups is 1. The minimum Gasteiger partial charge on any atom is -0.381 e. The molecule has 0 saturated carbocycles. The molecule has 2 aliphatic rings. The molecule has 2 fully saturated rings. The number of rotatable bonds is 5. The van der Waals surface area contributed by atoms with Crippen LogP contribution >= 0.6 is 0 Å². The molecule has 5 heteroatoms. The van der Waals surface area contributed by atoms with Gasteiger partial charge in [0.25, 0.3) is 5.91 Å². The number of hydrogen-bond acceptors (Lipinski definition) is 3. The molecule has 2 heterocycles. The summed E-state index contributed by atoms with van der Waals surface area (Å²) in [5.41, 5.74) is -0.684. The highest BCUT2D eigenvalue weighted by molar-refractivity contribution is 6.07. The highest BCUT2D eigenvalue weighted by Gasteiger charge is 2.51. The van der Waals surface area contributed by atoms with E-state index < -0.39 is 5.54 Å². The van der Waals surface area contributed by atoms with Gasteiger partial charge in [0.1, 0.15) is 5.54 Å². The van der Waals surface area contributed by atoms with Crippen molar-refractivity contribution in [2.24, 2.45) is 5.92 Å². The normalized spacial score (nSPS) is 29.2. The smallest absolute Gasteiger partial charge is 0.322 e. The number of carbonyl (C=O) groups excluding carboxylic acids is 2. The van der Waals surface area contributed by atoms with Crippen molar-refractivity contribution in [1.82, 2.24) is 10.6 Å². The average Bonchev–Trinajstić information content (AvgIpc) is 2.67. The highest BCUT2D eigenvalue weighted by Crippen LogP contribution is 2.34. The van der Waals surface area contributed by atoms with Crippen molar-refractivity contribution in [3.8, 4) is 0 Å². The van der Waals surface area contributed by atoms with Crippen LogP contribution < -0.4 is 10.6 Å². The third kappa shape index (κ3) is 2.51. The summed E-state index contributed by atoms with van der Waals surface area (Å²) in [6.45, 7) is 3.50. The molecule has 2 N–H and O–H groups in total. The van der Waals surface area contributed by atoms with Crippen molar-refractivity contribution >= 4 is 11.9 Å². The molecule has 5 nitrogen and oxygen atoms in total. The zero-order valence-corrected chi connectivity index (χ0v) is 11.0. The van der Waals surface area contributed by atoms with E-state index in [0.717, 1.165) is 38.5 Å². The number of nitrogens with one attached hydrogen (secondary N) is 2. The van der Waals surface area contributed by atoms with E-state index in [4.69, 9.17) is 4.74 Å². The summed E-state index contributed by atoms with van der Waals surface area (Å²) in [7, 11) is 0. The molecule has 3 amide bonds. The van der Waals surface area contributed by atoms with Crippen LogP contribution in [0.1, 0.15) is 45.4 Å². The highest BCUT2D eigenvalue weighted by atomic mass is 16.5. The minimum atomic E-state index is -0.684. The molecule has 0 aromatic rings. The second-order valence-electron chi connectivity index (χ2n) is 5.22. The molecule has 0 radical (unpaired) electrons. The van der Waals surface area contributed by atoms with Gasteiger partial charge in [-0.2, -0.15) is 0 Å². The van der Waals surface area contributed by atoms with Crippen molar-refractivity contribution < 1.29 is 14.3 Å². The first-order valence-corrected chi connectivity index (χ1v) is 6.90. The monoisotopic (exact) mass is 254 g/mol. The predicted octanol–water partition coefficient (Wildman–Crippen LogP) is 1.57. The molecule has 0 spiro atoms. The molecule has 1 atom stereocenters. The summed E-state index contributed by atoms with van der Waals surface area (Å²) in [6.07, 6.45) is 5.61. The molecule has 2 rings (SSSR count). The minimum absolute atomic E-state index is 0.143. The van der Waals surface area contributed by atoms with Crippen LogP contribution in [0.3, 0.4) is 0 Å². The maximum atomic E-state index is 12.2. The van der Waals surface area contributed by atoms with E-state index in [0.29, 0.717) is 13.2 Å². The van der Waals surface area contributed by atoms with Crippen molar-refractivity contribution in [2.45, 2.75) is 51.0 Å². The summed E-state index contributed by atoms with van der Waals surface area (Å²) < 4.78 is 5.35. The van der Waals surface area contributed by atoms with Crippen LogP contribution in [-0.4, -0.2) is 30.7 Å². The number of amides is 3. The molecule has 2 aliphatic heterocycles. The molecule has 102 valence electrons. The maximum Gasteiger partial charge on any atom is 0.322 e. The lowest BCUT2D eigenvalue weighted by molar-refractivity contribution is -0.127. The van der Waals surface area contributed by atoms with Gasteiger partial charge in [-0.05, 0) is 25.2 Å². The molecule has 0 unspecified atom stereocenters. The van der Waals surface area contributed by atoms with Crippen molar-refractivity contribution in [3.63, 3.8) is 0 Å². The van der Waals surface area contributed by atoms with Crippen molar-refractivity contribution in [2.75, 3.05) is 13.2 Å². The second-order valence-corrected chi connectivity index (χ2v) is 5.22. The summed E-state index contributed by atoms with van der Waals surface area (Å²) in [5, 5.41) is 5.29. The van der Waals surface area contributed by atoms with Crippen LogP contribution in [0.15, 0.2) is 0 Å². The topological polar surface area (TPSA) is 67.4 Å². The Morgan fingerprint density at radius 2 is 2.00 bits per heavy atom. The zero-order chi connectivity index (χ0) is 13.0. The Morgan fingerprint density at radius 3 is 2.56 bits per heavy atom. The fourth-order valence-corrected chi connectivity index (χ4v) is 3.02. The van der Waals surface area contributed by atoms with Crippen LogP contribution in [0.25, 0.3) is 0 Å². The van der Waals surface area contributed by atoms with Gasteiger partial charge in [0.2, 0.25) is 0 Å². The van der Waals surface area contributed by atoms with E-state index in [9.17, 15) is 9.59 Å². The van der Waals surface area contributed by atoms with Gasteiger partial charge >= 0.3 is 6.03 Å². The molecule has 2 saturated heterocycles. The molecular weight excluding hydrogens is 232 g/mol. The summed E-state index contributed by atoms with van der Waals surface area (Å²) in [4.78, 5) is 23.6. The second kappa shape index (κ2) is 5.69. The van der Waals surface area contributed by atoms with Gasteiger partial charge in [0.05, 0.1) is 0 Å². The van der Waals surface area contributed by atoms with Gasteiger partial charge < -0.3 is 10.1 Å². The van der Waals surface area contributed by atoms with Crippen molar-refractivity contribution in [1.29, 1.82) is 0 Å². The summed E-state index contributed by atoms with van der Waals surface area (Å²) >= 11 is 0. The standard InChI is InChI=1S/C13H22N2O3/c1-2-3-4-7-13(10-5-8-18-9-6-10)11(16)14-12(17)15-13/h10H,2-9H2,1H3,(H2,14,15,16,17)/t13-/m1/s1. The summed E-state index contributed by atoms with van der Waals surface area (Å²) in [6, 6.07) is -0.344. The van der Waals surface area contributed by atoms with E-state index in [2.05, 4.69) is 17.6 Å². The fourth-order valence-electron chi connectivity index (χ4n) is 3.02. The van der Waals surface area contributed by atoms with E-state index >= 15 is 0 Å². The number of ether oxygens (including phenoxy) is 1. The molecule has 0 aromatic carbocycles. The van der Waals surface area contributed by atoms with Gasteiger partial charge in [-0.25, -0.2) is 4.79 Å². The van der Waals surface area contributed by atoms with Gasteiger partial charge in [0.15, 0.2) is 0 Å². The van der Waals surface area contributed by atoms with Crippen LogP contribution in [0.5, 0.6) is 0 Å². The first kappa shape index (κ1) is 13.3. The first-order valence-electron chi connectivity index (χ1n) is 6.90. The Labute approximate surface area is 108 Å². The number of hydrogen-bond donors (Lipinski definition) is 2.